The van der Waals surface area contributed by atoms with Crippen LogP contribution >= 0.6 is 0 Å². The zero-order valence-corrected chi connectivity index (χ0v) is 11.4. The second kappa shape index (κ2) is 4.81. The van der Waals surface area contributed by atoms with Crippen LogP contribution in [0.3, 0.4) is 0 Å². The lowest BCUT2D eigenvalue weighted by Gasteiger charge is -2.16. The molecule has 0 amide bonds. The van der Waals surface area contributed by atoms with E-state index in [-0.39, 0.29) is 0 Å². The lowest BCUT2D eigenvalue weighted by Crippen LogP contribution is -2.20. The lowest BCUT2D eigenvalue weighted by atomic mass is 10.1. The molecule has 0 fully saturated rings. The van der Waals surface area contributed by atoms with Gasteiger partial charge >= 0.3 is 0 Å². The van der Waals surface area contributed by atoms with Crippen molar-refractivity contribution in [2.24, 2.45) is 0 Å². The minimum atomic E-state index is 0.925. The summed E-state index contributed by atoms with van der Waals surface area (Å²) in [6.45, 7) is 0.925. The van der Waals surface area contributed by atoms with Crippen molar-refractivity contribution in [2.45, 2.75) is 0 Å². The van der Waals surface area contributed by atoms with Crippen LogP contribution in [0.1, 0.15) is 11.1 Å². The van der Waals surface area contributed by atoms with Crippen molar-refractivity contribution in [3.05, 3.63) is 71.8 Å². The number of hydrogen-bond donors (Lipinski definition) is 0. The summed E-state index contributed by atoms with van der Waals surface area (Å²) >= 11 is 0. The first-order valence-electron chi connectivity index (χ1n) is 6.55. The molecular weight excluding hydrogens is 232 g/mol. The van der Waals surface area contributed by atoms with Crippen LogP contribution in [0, 0.1) is 0 Å². The molecule has 0 unspecified atom stereocenters. The highest BCUT2D eigenvalue weighted by Gasteiger charge is 2.25. The predicted molar refractivity (Wildman–Crippen MR) is 80.1 cm³/mol. The Balaban J connectivity index is 2.18. The highest BCUT2D eigenvalue weighted by atomic mass is 15.3. The van der Waals surface area contributed by atoms with Crippen molar-refractivity contribution in [2.75, 3.05) is 20.8 Å². The molecule has 2 aromatic carbocycles. The maximum Gasteiger partial charge on any atom is 0.0898 e. The summed E-state index contributed by atoms with van der Waals surface area (Å²) in [6.07, 6.45) is 0. The van der Waals surface area contributed by atoms with Crippen LogP contribution in [-0.2, 0) is 0 Å². The maximum absolute atomic E-state index is 2.30. The normalized spacial score (nSPS) is 15.3. The molecule has 0 spiro atoms. The van der Waals surface area contributed by atoms with Gasteiger partial charge in [0, 0.05) is 14.1 Å². The molecule has 0 atom stereocenters. The van der Waals surface area contributed by atoms with E-state index in [1.807, 2.05) is 0 Å². The summed E-state index contributed by atoms with van der Waals surface area (Å²) in [4.78, 5) is 4.61. The number of benzene rings is 2. The molecule has 0 aliphatic carbocycles. The Morgan fingerprint density at radius 1 is 0.632 bits per heavy atom. The van der Waals surface area contributed by atoms with Crippen LogP contribution in [0.15, 0.2) is 60.7 Å². The Morgan fingerprint density at radius 3 is 1.37 bits per heavy atom. The summed E-state index contributed by atoms with van der Waals surface area (Å²) < 4.78 is 0. The largest absolute Gasteiger partial charge is 0.355 e. The molecule has 96 valence electrons. The number of rotatable bonds is 2. The monoisotopic (exact) mass is 250 g/mol. The summed E-state index contributed by atoms with van der Waals surface area (Å²) in [5.74, 6) is 0. The Hall–Kier alpha value is -2.22. The first kappa shape index (κ1) is 11.8. The summed E-state index contributed by atoms with van der Waals surface area (Å²) in [5, 5.41) is 0. The lowest BCUT2D eigenvalue weighted by molar-refractivity contribution is 0.356. The van der Waals surface area contributed by atoms with E-state index in [9.17, 15) is 0 Å². The van der Waals surface area contributed by atoms with E-state index < -0.39 is 0 Å². The van der Waals surface area contributed by atoms with Gasteiger partial charge < -0.3 is 9.80 Å². The molecule has 3 rings (SSSR count). The quantitative estimate of drug-likeness (QED) is 0.806. The molecule has 0 radical (unpaired) electrons. The number of hydrogen-bond acceptors (Lipinski definition) is 2. The zero-order chi connectivity index (χ0) is 13.2. The molecule has 0 aromatic heterocycles. The van der Waals surface area contributed by atoms with Gasteiger partial charge in [-0.2, -0.15) is 0 Å². The first-order valence-corrected chi connectivity index (χ1v) is 6.55. The van der Waals surface area contributed by atoms with Gasteiger partial charge in [-0.25, -0.2) is 0 Å². The second-order valence-corrected chi connectivity index (χ2v) is 4.97. The van der Waals surface area contributed by atoms with Gasteiger partial charge in [0.25, 0.3) is 0 Å². The minimum Gasteiger partial charge on any atom is -0.355 e. The Morgan fingerprint density at radius 2 is 1.00 bits per heavy atom. The maximum atomic E-state index is 2.30. The van der Waals surface area contributed by atoms with Gasteiger partial charge in [-0.15, -0.1) is 0 Å². The van der Waals surface area contributed by atoms with Crippen LogP contribution in [0.4, 0.5) is 0 Å². The third-order valence-electron chi connectivity index (χ3n) is 3.51. The Kier molecular flexibility index (Phi) is 3.00. The molecule has 1 aliphatic rings. The highest BCUT2D eigenvalue weighted by Crippen LogP contribution is 2.35. The number of nitrogens with zero attached hydrogens (tertiary/aromatic N) is 2. The van der Waals surface area contributed by atoms with Gasteiger partial charge in [-0.3, -0.25) is 0 Å². The van der Waals surface area contributed by atoms with E-state index in [4.69, 9.17) is 0 Å². The molecule has 2 heteroatoms. The van der Waals surface area contributed by atoms with E-state index in [0.29, 0.717) is 0 Å². The summed E-state index contributed by atoms with van der Waals surface area (Å²) in [7, 11) is 4.30. The SMILES string of the molecule is CN1CN(C)C(c2ccccc2)=C1c1ccccc1. The van der Waals surface area contributed by atoms with E-state index in [2.05, 4.69) is 84.6 Å². The van der Waals surface area contributed by atoms with Crippen molar-refractivity contribution in [3.8, 4) is 0 Å². The molecule has 0 saturated heterocycles. The fraction of sp³-hybridized carbons (Fsp3) is 0.176. The Labute approximate surface area is 114 Å². The molecule has 1 heterocycles. The van der Waals surface area contributed by atoms with Gasteiger partial charge in [0.2, 0.25) is 0 Å². The van der Waals surface area contributed by atoms with Gasteiger partial charge in [0.1, 0.15) is 0 Å². The highest BCUT2D eigenvalue weighted by molar-refractivity contribution is 5.90. The molecule has 0 saturated carbocycles. The van der Waals surface area contributed by atoms with Crippen molar-refractivity contribution in [1.82, 2.24) is 9.80 Å². The second-order valence-electron chi connectivity index (χ2n) is 4.97. The van der Waals surface area contributed by atoms with E-state index in [1.54, 1.807) is 0 Å². The van der Waals surface area contributed by atoms with E-state index in [1.165, 1.54) is 22.5 Å². The smallest absolute Gasteiger partial charge is 0.0898 e. The van der Waals surface area contributed by atoms with Crippen molar-refractivity contribution in [3.63, 3.8) is 0 Å². The van der Waals surface area contributed by atoms with Gasteiger partial charge in [0.15, 0.2) is 0 Å². The van der Waals surface area contributed by atoms with E-state index in [0.717, 1.165) is 6.67 Å². The van der Waals surface area contributed by atoms with Crippen LogP contribution in [0.25, 0.3) is 11.4 Å². The molecule has 2 aromatic rings. The van der Waals surface area contributed by atoms with Crippen LogP contribution in [-0.4, -0.2) is 30.6 Å². The average molecular weight is 250 g/mol. The average Bonchev–Trinajstić information content (AvgIpc) is 2.75. The van der Waals surface area contributed by atoms with Crippen LogP contribution < -0.4 is 0 Å². The van der Waals surface area contributed by atoms with Crippen molar-refractivity contribution >= 4 is 11.4 Å². The molecule has 19 heavy (non-hydrogen) atoms. The minimum absolute atomic E-state index is 0.925. The van der Waals surface area contributed by atoms with Crippen LogP contribution in [0.2, 0.25) is 0 Å². The van der Waals surface area contributed by atoms with Crippen LogP contribution in [0.5, 0.6) is 0 Å². The standard InChI is InChI=1S/C17H18N2/c1-18-13-19(2)17(15-11-7-4-8-12-15)16(18)14-9-5-3-6-10-14/h3-12H,13H2,1-2H3. The summed E-state index contributed by atoms with van der Waals surface area (Å²) in [5.41, 5.74) is 5.14. The fourth-order valence-corrected chi connectivity index (χ4v) is 2.73. The third-order valence-corrected chi connectivity index (χ3v) is 3.51. The third kappa shape index (κ3) is 2.10. The first-order chi connectivity index (χ1) is 9.27. The molecular formula is C17H18N2. The topological polar surface area (TPSA) is 6.48 Å². The Bertz CT molecular complexity index is 534. The van der Waals surface area contributed by atoms with E-state index >= 15 is 0 Å². The molecule has 2 nitrogen and oxygen atoms in total. The summed E-state index contributed by atoms with van der Waals surface area (Å²) in [6, 6.07) is 21.2. The molecule has 1 aliphatic heterocycles. The van der Waals surface area contributed by atoms with Gasteiger partial charge in [0.05, 0.1) is 18.1 Å². The molecule has 0 bridgehead atoms. The zero-order valence-electron chi connectivity index (χ0n) is 11.4. The molecule has 0 N–H and O–H groups in total. The van der Waals surface area contributed by atoms with Gasteiger partial charge in [-0.05, 0) is 11.1 Å². The van der Waals surface area contributed by atoms with Crippen molar-refractivity contribution in [1.29, 1.82) is 0 Å². The fourth-order valence-electron chi connectivity index (χ4n) is 2.73. The van der Waals surface area contributed by atoms with Crippen molar-refractivity contribution < 1.29 is 0 Å². The van der Waals surface area contributed by atoms with Gasteiger partial charge in [-0.1, -0.05) is 60.7 Å². The predicted octanol–water partition coefficient (Wildman–Crippen LogP) is 3.35.